The summed E-state index contributed by atoms with van der Waals surface area (Å²) >= 11 is 0. The number of nitriles is 1. The van der Waals surface area contributed by atoms with E-state index in [4.69, 9.17) is 10.00 Å². The number of benzene rings is 1. The van der Waals surface area contributed by atoms with E-state index < -0.39 is 0 Å². The Balaban J connectivity index is 2.69. The van der Waals surface area contributed by atoms with Crippen LogP contribution in [0.1, 0.15) is 25.8 Å². The van der Waals surface area contributed by atoms with E-state index in [0.717, 1.165) is 24.4 Å². The second-order valence-corrected chi connectivity index (χ2v) is 4.14. The normalized spacial score (nSPS) is 9.94. The SMILES string of the molecule is COc1cc(C#N)ccc1NCCC(C)C. The lowest BCUT2D eigenvalue weighted by Crippen LogP contribution is -2.06. The largest absolute Gasteiger partial charge is 0.495 e. The van der Waals surface area contributed by atoms with Gasteiger partial charge in [0.1, 0.15) is 5.75 Å². The Bertz CT molecular complexity index is 380. The zero-order chi connectivity index (χ0) is 12.0. The first-order valence-electron chi connectivity index (χ1n) is 5.49. The molecular formula is C13H18N2O. The third-order valence-corrected chi connectivity index (χ3v) is 2.37. The molecule has 0 saturated heterocycles. The highest BCUT2D eigenvalue weighted by Crippen LogP contribution is 2.25. The Morgan fingerprint density at radius 2 is 2.19 bits per heavy atom. The fraction of sp³-hybridized carbons (Fsp3) is 0.462. The number of ether oxygens (including phenoxy) is 1. The molecule has 0 aliphatic carbocycles. The first kappa shape index (κ1) is 12.4. The average Bonchev–Trinajstić information content (AvgIpc) is 2.29. The van der Waals surface area contributed by atoms with Crippen LogP contribution >= 0.6 is 0 Å². The van der Waals surface area contributed by atoms with Crippen molar-refractivity contribution in [3.05, 3.63) is 23.8 Å². The summed E-state index contributed by atoms with van der Waals surface area (Å²) in [5.41, 5.74) is 1.56. The van der Waals surface area contributed by atoms with Crippen LogP contribution in [-0.2, 0) is 0 Å². The van der Waals surface area contributed by atoms with Gasteiger partial charge in [0.05, 0.1) is 24.4 Å². The van der Waals surface area contributed by atoms with Gasteiger partial charge in [-0.25, -0.2) is 0 Å². The Hall–Kier alpha value is -1.69. The average molecular weight is 218 g/mol. The Kier molecular flexibility index (Phi) is 4.65. The summed E-state index contributed by atoms with van der Waals surface area (Å²) in [5, 5.41) is 12.1. The maximum atomic E-state index is 8.77. The predicted octanol–water partition coefficient (Wildman–Crippen LogP) is 3.02. The molecule has 86 valence electrons. The third kappa shape index (κ3) is 3.47. The van der Waals surface area contributed by atoms with Crippen molar-refractivity contribution >= 4 is 5.69 Å². The number of nitrogens with zero attached hydrogens (tertiary/aromatic N) is 1. The number of anilines is 1. The summed E-state index contributed by atoms with van der Waals surface area (Å²) in [6.07, 6.45) is 1.11. The van der Waals surface area contributed by atoms with Crippen LogP contribution in [0.5, 0.6) is 5.75 Å². The highest BCUT2D eigenvalue weighted by molar-refractivity contribution is 5.59. The number of hydrogen-bond acceptors (Lipinski definition) is 3. The first-order valence-corrected chi connectivity index (χ1v) is 5.49. The van der Waals surface area contributed by atoms with Gasteiger partial charge in [0.2, 0.25) is 0 Å². The zero-order valence-electron chi connectivity index (χ0n) is 10.1. The fourth-order valence-electron chi connectivity index (χ4n) is 1.40. The standard InChI is InChI=1S/C13H18N2O/c1-10(2)6-7-15-12-5-4-11(9-14)8-13(12)16-3/h4-5,8,10,15H,6-7H2,1-3H3. The van der Waals surface area contributed by atoms with Crippen LogP contribution in [0, 0.1) is 17.2 Å². The monoisotopic (exact) mass is 218 g/mol. The van der Waals surface area contributed by atoms with Gasteiger partial charge in [0, 0.05) is 12.6 Å². The Labute approximate surface area is 97.0 Å². The summed E-state index contributed by atoms with van der Waals surface area (Å²) < 4.78 is 5.23. The van der Waals surface area contributed by atoms with Crippen molar-refractivity contribution < 1.29 is 4.74 Å². The van der Waals surface area contributed by atoms with Crippen molar-refractivity contribution in [2.45, 2.75) is 20.3 Å². The van der Waals surface area contributed by atoms with Crippen molar-refractivity contribution in [3.63, 3.8) is 0 Å². The molecule has 0 fully saturated rings. The van der Waals surface area contributed by atoms with Gasteiger partial charge in [0.15, 0.2) is 0 Å². The van der Waals surface area contributed by atoms with Crippen LogP contribution in [0.15, 0.2) is 18.2 Å². The molecule has 0 aromatic heterocycles. The Morgan fingerprint density at radius 1 is 1.44 bits per heavy atom. The highest BCUT2D eigenvalue weighted by Gasteiger charge is 2.03. The highest BCUT2D eigenvalue weighted by atomic mass is 16.5. The molecule has 0 aliphatic rings. The van der Waals surface area contributed by atoms with Crippen LogP contribution in [0.25, 0.3) is 0 Å². The summed E-state index contributed by atoms with van der Waals surface area (Å²) in [7, 11) is 1.62. The molecule has 0 spiro atoms. The quantitative estimate of drug-likeness (QED) is 0.826. The molecular weight excluding hydrogens is 200 g/mol. The van der Waals surface area contributed by atoms with E-state index in [9.17, 15) is 0 Å². The second-order valence-electron chi connectivity index (χ2n) is 4.14. The van der Waals surface area contributed by atoms with Gasteiger partial charge in [-0.2, -0.15) is 5.26 Å². The summed E-state index contributed by atoms with van der Waals surface area (Å²) in [6.45, 7) is 5.30. The van der Waals surface area contributed by atoms with Gasteiger partial charge >= 0.3 is 0 Å². The lowest BCUT2D eigenvalue weighted by Gasteiger charge is -2.12. The van der Waals surface area contributed by atoms with Gasteiger partial charge in [-0.1, -0.05) is 13.8 Å². The van der Waals surface area contributed by atoms with Crippen molar-refractivity contribution in [1.29, 1.82) is 5.26 Å². The van der Waals surface area contributed by atoms with Crippen molar-refractivity contribution in [2.24, 2.45) is 5.92 Å². The lowest BCUT2D eigenvalue weighted by atomic mass is 10.1. The van der Waals surface area contributed by atoms with Crippen LogP contribution in [0.3, 0.4) is 0 Å². The van der Waals surface area contributed by atoms with E-state index in [1.807, 2.05) is 6.07 Å². The van der Waals surface area contributed by atoms with Gasteiger partial charge in [-0.05, 0) is 24.5 Å². The minimum Gasteiger partial charge on any atom is -0.495 e. The molecule has 1 rings (SSSR count). The fourth-order valence-corrected chi connectivity index (χ4v) is 1.40. The van der Waals surface area contributed by atoms with Crippen LogP contribution in [0.4, 0.5) is 5.69 Å². The van der Waals surface area contributed by atoms with Crippen molar-refractivity contribution in [3.8, 4) is 11.8 Å². The van der Waals surface area contributed by atoms with Crippen LogP contribution < -0.4 is 10.1 Å². The summed E-state index contributed by atoms with van der Waals surface area (Å²) in [5.74, 6) is 1.40. The predicted molar refractivity (Wildman–Crippen MR) is 65.7 cm³/mol. The van der Waals surface area contributed by atoms with E-state index in [2.05, 4.69) is 25.2 Å². The minimum absolute atomic E-state index is 0.617. The summed E-state index contributed by atoms with van der Waals surface area (Å²) in [4.78, 5) is 0. The van der Waals surface area contributed by atoms with Crippen LogP contribution in [-0.4, -0.2) is 13.7 Å². The van der Waals surface area contributed by atoms with Gasteiger partial charge in [-0.15, -0.1) is 0 Å². The summed E-state index contributed by atoms with van der Waals surface area (Å²) in [6, 6.07) is 7.52. The third-order valence-electron chi connectivity index (χ3n) is 2.37. The van der Waals surface area contributed by atoms with E-state index in [1.54, 1.807) is 19.2 Å². The zero-order valence-corrected chi connectivity index (χ0v) is 10.1. The molecule has 0 atom stereocenters. The van der Waals surface area contributed by atoms with Crippen molar-refractivity contribution in [1.82, 2.24) is 0 Å². The minimum atomic E-state index is 0.617. The first-order chi connectivity index (χ1) is 7.67. The molecule has 0 unspecified atom stereocenters. The molecule has 0 aliphatic heterocycles. The maximum Gasteiger partial charge on any atom is 0.143 e. The van der Waals surface area contributed by atoms with E-state index in [1.165, 1.54) is 0 Å². The van der Waals surface area contributed by atoms with E-state index >= 15 is 0 Å². The number of hydrogen-bond donors (Lipinski definition) is 1. The smallest absolute Gasteiger partial charge is 0.143 e. The van der Waals surface area contributed by atoms with Gasteiger partial charge in [-0.3, -0.25) is 0 Å². The molecule has 1 aromatic carbocycles. The molecule has 1 N–H and O–H groups in total. The molecule has 0 amide bonds. The van der Waals surface area contributed by atoms with Gasteiger partial charge < -0.3 is 10.1 Å². The molecule has 0 bridgehead atoms. The molecule has 0 heterocycles. The molecule has 1 aromatic rings. The van der Waals surface area contributed by atoms with E-state index in [0.29, 0.717) is 11.5 Å². The van der Waals surface area contributed by atoms with Gasteiger partial charge in [0.25, 0.3) is 0 Å². The lowest BCUT2D eigenvalue weighted by molar-refractivity contribution is 0.416. The maximum absolute atomic E-state index is 8.77. The number of nitrogens with one attached hydrogen (secondary N) is 1. The molecule has 0 saturated carbocycles. The number of methoxy groups -OCH3 is 1. The van der Waals surface area contributed by atoms with E-state index in [-0.39, 0.29) is 0 Å². The van der Waals surface area contributed by atoms with Crippen molar-refractivity contribution in [2.75, 3.05) is 19.0 Å². The Morgan fingerprint density at radius 3 is 2.75 bits per heavy atom. The molecule has 16 heavy (non-hydrogen) atoms. The molecule has 0 radical (unpaired) electrons. The number of rotatable bonds is 5. The molecule has 3 nitrogen and oxygen atoms in total. The topological polar surface area (TPSA) is 45.0 Å². The molecule has 3 heteroatoms. The second kappa shape index (κ2) is 6.02. The van der Waals surface area contributed by atoms with Crippen LogP contribution in [0.2, 0.25) is 0 Å².